The minimum atomic E-state index is 0.128. The lowest BCUT2D eigenvalue weighted by atomic mass is 9.89. The lowest BCUT2D eigenvalue weighted by Gasteiger charge is -2.16. The Labute approximate surface area is 155 Å². The van der Waals surface area contributed by atoms with E-state index >= 15 is 0 Å². The molecule has 1 atom stereocenters. The number of anilines is 1. The first-order valence-electron chi connectivity index (χ1n) is 8.72. The summed E-state index contributed by atoms with van der Waals surface area (Å²) in [6.07, 6.45) is 5.67. The summed E-state index contributed by atoms with van der Waals surface area (Å²) in [7, 11) is 3.60. The van der Waals surface area contributed by atoms with Crippen molar-refractivity contribution < 1.29 is 4.74 Å². The molecule has 0 saturated carbocycles. The first-order chi connectivity index (χ1) is 12.6. The van der Waals surface area contributed by atoms with E-state index in [-0.39, 0.29) is 5.92 Å². The Kier molecular flexibility index (Phi) is 5.42. The van der Waals surface area contributed by atoms with Crippen molar-refractivity contribution in [3.05, 3.63) is 89.8 Å². The summed E-state index contributed by atoms with van der Waals surface area (Å²) < 4.78 is 7.15. The van der Waals surface area contributed by atoms with Gasteiger partial charge in [0.05, 0.1) is 12.8 Å². The molecule has 1 heterocycles. The summed E-state index contributed by atoms with van der Waals surface area (Å²) in [6.45, 7) is 3.83. The van der Waals surface area contributed by atoms with E-state index in [1.807, 2.05) is 36.0 Å². The van der Waals surface area contributed by atoms with E-state index in [4.69, 9.17) is 10.5 Å². The van der Waals surface area contributed by atoms with E-state index < -0.39 is 0 Å². The van der Waals surface area contributed by atoms with Crippen LogP contribution in [0.4, 0.5) is 5.95 Å². The molecule has 26 heavy (non-hydrogen) atoms. The van der Waals surface area contributed by atoms with Crippen LogP contribution in [-0.2, 0) is 19.9 Å². The first kappa shape index (κ1) is 17.8. The molecule has 2 N–H and O–H groups in total. The third-order valence-corrected chi connectivity index (χ3v) is 4.62. The third kappa shape index (κ3) is 3.97. The fourth-order valence-electron chi connectivity index (χ4n) is 3.19. The highest BCUT2D eigenvalue weighted by Crippen LogP contribution is 2.30. The maximum absolute atomic E-state index is 5.98. The predicted octanol–water partition coefficient (Wildman–Crippen LogP) is 4.11. The molecule has 0 radical (unpaired) electrons. The lowest BCUT2D eigenvalue weighted by Crippen LogP contribution is -2.06. The predicted molar refractivity (Wildman–Crippen MR) is 107 cm³/mol. The van der Waals surface area contributed by atoms with Crippen LogP contribution in [0.2, 0.25) is 0 Å². The zero-order chi connectivity index (χ0) is 18.5. The van der Waals surface area contributed by atoms with E-state index in [0.29, 0.717) is 5.95 Å². The largest absolute Gasteiger partial charge is 0.497 e. The van der Waals surface area contributed by atoms with Gasteiger partial charge in [0.1, 0.15) is 5.75 Å². The Balaban J connectivity index is 1.96. The van der Waals surface area contributed by atoms with Gasteiger partial charge in [-0.25, -0.2) is 4.98 Å². The van der Waals surface area contributed by atoms with Crippen LogP contribution in [0.15, 0.2) is 67.4 Å². The van der Waals surface area contributed by atoms with Crippen LogP contribution in [0.3, 0.4) is 0 Å². The highest BCUT2D eigenvalue weighted by molar-refractivity contribution is 5.38. The lowest BCUT2D eigenvalue weighted by molar-refractivity contribution is 0.414. The van der Waals surface area contributed by atoms with Crippen LogP contribution in [0.25, 0.3) is 0 Å². The second kappa shape index (κ2) is 7.91. The Morgan fingerprint density at radius 3 is 2.54 bits per heavy atom. The molecule has 134 valence electrons. The van der Waals surface area contributed by atoms with Gasteiger partial charge in [-0.3, -0.25) is 0 Å². The standard InChI is InChI=1S/C22H25N3O/c1-4-6-16-7-5-8-17(13-16)14-20(21-15-25(2)22(23)24-21)18-9-11-19(26-3)12-10-18/h4-5,7-13,15,20H,1,6,14H2,2-3H3,(H2,23,24). The summed E-state index contributed by atoms with van der Waals surface area (Å²) in [6, 6.07) is 16.8. The van der Waals surface area contributed by atoms with Crippen LogP contribution in [0, 0.1) is 0 Å². The molecule has 4 heteroatoms. The first-order valence-corrected chi connectivity index (χ1v) is 8.72. The molecular weight excluding hydrogens is 322 g/mol. The molecule has 3 rings (SSSR count). The molecule has 0 bridgehead atoms. The smallest absolute Gasteiger partial charge is 0.200 e. The number of hydrogen-bond donors (Lipinski definition) is 1. The van der Waals surface area contributed by atoms with E-state index in [1.165, 1.54) is 16.7 Å². The van der Waals surface area contributed by atoms with Crippen molar-refractivity contribution in [3.8, 4) is 5.75 Å². The van der Waals surface area contributed by atoms with Crippen LogP contribution >= 0.6 is 0 Å². The molecule has 0 saturated heterocycles. The van der Waals surface area contributed by atoms with Crippen molar-refractivity contribution in [2.24, 2.45) is 7.05 Å². The van der Waals surface area contributed by atoms with Crippen LogP contribution in [0.1, 0.15) is 28.3 Å². The summed E-state index contributed by atoms with van der Waals surface area (Å²) in [5.74, 6) is 1.50. The number of hydrogen-bond acceptors (Lipinski definition) is 3. The molecule has 4 nitrogen and oxygen atoms in total. The topological polar surface area (TPSA) is 53.1 Å². The number of imidazole rings is 1. The van der Waals surface area contributed by atoms with Gasteiger partial charge >= 0.3 is 0 Å². The molecule has 2 aromatic carbocycles. The quantitative estimate of drug-likeness (QED) is 0.654. The molecule has 3 aromatic rings. The maximum atomic E-state index is 5.98. The van der Waals surface area contributed by atoms with Crippen LogP contribution in [-0.4, -0.2) is 16.7 Å². The number of aromatic nitrogens is 2. The number of methoxy groups -OCH3 is 1. The fraction of sp³-hybridized carbons (Fsp3) is 0.227. The van der Waals surface area contributed by atoms with Crippen molar-refractivity contribution in [1.82, 2.24) is 9.55 Å². The molecule has 0 amide bonds. The average molecular weight is 347 g/mol. The van der Waals surface area contributed by atoms with Gasteiger partial charge in [-0.1, -0.05) is 42.5 Å². The number of benzene rings is 2. The molecule has 0 fully saturated rings. The van der Waals surface area contributed by atoms with Gasteiger partial charge in [-0.15, -0.1) is 6.58 Å². The van der Waals surface area contributed by atoms with Gasteiger partial charge in [0.2, 0.25) is 0 Å². The summed E-state index contributed by atoms with van der Waals surface area (Å²) in [4.78, 5) is 4.58. The van der Waals surface area contributed by atoms with E-state index in [0.717, 1.165) is 24.3 Å². The second-order valence-electron chi connectivity index (χ2n) is 6.48. The van der Waals surface area contributed by atoms with Gasteiger partial charge in [-0.05, 0) is 41.7 Å². The SMILES string of the molecule is C=CCc1cccc(CC(c2ccc(OC)cc2)c2cn(C)c(N)n2)c1. The van der Waals surface area contributed by atoms with Crippen molar-refractivity contribution in [2.75, 3.05) is 12.8 Å². The minimum Gasteiger partial charge on any atom is -0.497 e. The number of nitrogen functional groups attached to an aromatic ring is 1. The zero-order valence-corrected chi connectivity index (χ0v) is 15.4. The summed E-state index contributed by atoms with van der Waals surface area (Å²) in [5.41, 5.74) is 10.7. The maximum Gasteiger partial charge on any atom is 0.200 e. The van der Waals surface area contributed by atoms with Gasteiger partial charge in [0.15, 0.2) is 5.95 Å². The van der Waals surface area contributed by atoms with Crippen molar-refractivity contribution in [2.45, 2.75) is 18.8 Å². The van der Waals surface area contributed by atoms with Gasteiger partial charge in [0.25, 0.3) is 0 Å². The Hall–Kier alpha value is -3.01. The Morgan fingerprint density at radius 1 is 1.19 bits per heavy atom. The van der Waals surface area contributed by atoms with Crippen LogP contribution < -0.4 is 10.5 Å². The monoisotopic (exact) mass is 347 g/mol. The van der Waals surface area contributed by atoms with E-state index in [1.54, 1.807) is 7.11 Å². The van der Waals surface area contributed by atoms with Crippen molar-refractivity contribution in [3.63, 3.8) is 0 Å². The molecule has 1 aromatic heterocycles. The summed E-state index contributed by atoms with van der Waals surface area (Å²) >= 11 is 0. The molecule has 0 aliphatic carbocycles. The number of rotatable bonds is 7. The van der Waals surface area contributed by atoms with Gasteiger partial charge < -0.3 is 15.0 Å². The van der Waals surface area contributed by atoms with Crippen molar-refractivity contribution >= 4 is 5.95 Å². The highest BCUT2D eigenvalue weighted by atomic mass is 16.5. The fourth-order valence-corrected chi connectivity index (χ4v) is 3.19. The third-order valence-electron chi connectivity index (χ3n) is 4.62. The molecule has 0 aliphatic heterocycles. The van der Waals surface area contributed by atoms with E-state index in [2.05, 4.69) is 48.0 Å². The number of nitrogens with two attached hydrogens (primary N) is 1. The van der Waals surface area contributed by atoms with Crippen molar-refractivity contribution in [1.29, 1.82) is 0 Å². The average Bonchev–Trinajstić information content (AvgIpc) is 2.99. The number of ether oxygens (including phenoxy) is 1. The number of aryl methyl sites for hydroxylation is 1. The molecular formula is C22H25N3O. The molecule has 0 spiro atoms. The normalized spacial score (nSPS) is 11.9. The second-order valence-corrected chi connectivity index (χ2v) is 6.48. The zero-order valence-electron chi connectivity index (χ0n) is 15.4. The Bertz CT molecular complexity index is 861. The van der Waals surface area contributed by atoms with Gasteiger partial charge in [0, 0.05) is 19.2 Å². The van der Waals surface area contributed by atoms with Gasteiger partial charge in [-0.2, -0.15) is 0 Å². The van der Waals surface area contributed by atoms with E-state index in [9.17, 15) is 0 Å². The highest BCUT2D eigenvalue weighted by Gasteiger charge is 2.19. The summed E-state index contributed by atoms with van der Waals surface area (Å²) in [5, 5.41) is 0. The molecule has 1 unspecified atom stereocenters. The van der Waals surface area contributed by atoms with Crippen LogP contribution in [0.5, 0.6) is 5.75 Å². The molecule has 0 aliphatic rings. The number of allylic oxidation sites excluding steroid dienone is 1. The number of nitrogens with zero attached hydrogens (tertiary/aromatic N) is 2. The minimum absolute atomic E-state index is 0.128. The Morgan fingerprint density at radius 2 is 1.92 bits per heavy atom.